The fraction of sp³-hybridized carbons (Fsp3) is 0.909. The number of nitrogens with zero attached hydrogens (tertiary/aromatic N) is 1. The molecule has 15 heavy (non-hydrogen) atoms. The first-order valence-corrected chi connectivity index (χ1v) is 7.03. The summed E-state index contributed by atoms with van der Waals surface area (Å²) < 4.78 is 0. The molecule has 0 bridgehead atoms. The summed E-state index contributed by atoms with van der Waals surface area (Å²) in [6, 6.07) is 0.376. The van der Waals surface area contributed by atoms with E-state index in [9.17, 15) is 4.79 Å². The Bertz CT molecular complexity index is 229. The van der Waals surface area contributed by atoms with E-state index in [1.165, 1.54) is 0 Å². The van der Waals surface area contributed by atoms with Gasteiger partial charge < -0.3 is 10.2 Å². The SMILES string of the molecule is CC1CNCCN1C(=O)C1CCSCC1. The predicted octanol–water partition coefficient (Wildman–Crippen LogP) is 0.950. The van der Waals surface area contributed by atoms with Crippen LogP contribution < -0.4 is 5.32 Å². The normalized spacial score (nSPS) is 29.1. The van der Waals surface area contributed by atoms with Crippen molar-refractivity contribution in [2.24, 2.45) is 5.92 Å². The second-order valence-electron chi connectivity index (χ2n) is 4.47. The van der Waals surface area contributed by atoms with E-state index in [2.05, 4.69) is 17.1 Å². The smallest absolute Gasteiger partial charge is 0.226 e. The number of hydrogen-bond donors (Lipinski definition) is 1. The van der Waals surface area contributed by atoms with Gasteiger partial charge in [-0.3, -0.25) is 4.79 Å². The molecule has 4 heteroatoms. The molecule has 2 fully saturated rings. The molecule has 1 atom stereocenters. The van der Waals surface area contributed by atoms with Crippen LogP contribution in [0.1, 0.15) is 19.8 Å². The van der Waals surface area contributed by atoms with E-state index in [-0.39, 0.29) is 0 Å². The van der Waals surface area contributed by atoms with Crippen LogP contribution in [0.2, 0.25) is 0 Å². The summed E-state index contributed by atoms with van der Waals surface area (Å²) in [6.45, 7) is 4.94. The molecule has 2 aliphatic rings. The van der Waals surface area contributed by atoms with Gasteiger partial charge in [-0.2, -0.15) is 11.8 Å². The Kier molecular flexibility index (Phi) is 3.92. The second kappa shape index (κ2) is 5.21. The number of rotatable bonds is 1. The quantitative estimate of drug-likeness (QED) is 0.725. The van der Waals surface area contributed by atoms with Gasteiger partial charge in [-0.1, -0.05) is 0 Å². The highest BCUT2D eigenvalue weighted by Gasteiger charge is 2.29. The first-order chi connectivity index (χ1) is 7.29. The molecule has 0 aromatic carbocycles. The highest BCUT2D eigenvalue weighted by molar-refractivity contribution is 7.99. The molecule has 86 valence electrons. The van der Waals surface area contributed by atoms with Crippen molar-refractivity contribution in [3.05, 3.63) is 0 Å². The molecule has 1 N–H and O–H groups in total. The van der Waals surface area contributed by atoms with Gasteiger partial charge in [0.25, 0.3) is 0 Å². The summed E-state index contributed by atoms with van der Waals surface area (Å²) in [5.74, 6) is 3.05. The van der Waals surface area contributed by atoms with Crippen LogP contribution in [0.3, 0.4) is 0 Å². The van der Waals surface area contributed by atoms with E-state index in [4.69, 9.17) is 0 Å². The first kappa shape index (κ1) is 11.3. The van der Waals surface area contributed by atoms with E-state index in [1.54, 1.807) is 0 Å². The highest BCUT2D eigenvalue weighted by atomic mass is 32.2. The van der Waals surface area contributed by atoms with Crippen LogP contribution >= 0.6 is 11.8 Å². The molecule has 0 spiro atoms. The zero-order valence-electron chi connectivity index (χ0n) is 9.37. The predicted molar refractivity (Wildman–Crippen MR) is 64.1 cm³/mol. The topological polar surface area (TPSA) is 32.3 Å². The van der Waals surface area contributed by atoms with Crippen molar-refractivity contribution in [3.8, 4) is 0 Å². The van der Waals surface area contributed by atoms with E-state index >= 15 is 0 Å². The molecule has 3 nitrogen and oxygen atoms in total. The second-order valence-corrected chi connectivity index (χ2v) is 5.70. The maximum absolute atomic E-state index is 12.3. The number of amides is 1. The number of piperazine rings is 1. The van der Waals surface area contributed by atoms with Gasteiger partial charge in [0.2, 0.25) is 5.91 Å². The largest absolute Gasteiger partial charge is 0.337 e. The summed E-state index contributed by atoms with van der Waals surface area (Å²) in [4.78, 5) is 14.3. The van der Waals surface area contributed by atoms with Crippen LogP contribution in [0.15, 0.2) is 0 Å². The molecule has 1 amide bonds. The van der Waals surface area contributed by atoms with Crippen molar-refractivity contribution in [3.63, 3.8) is 0 Å². The third-order valence-corrected chi connectivity index (χ3v) is 4.40. The fourth-order valence-corrected chi connectivity index (χ4v) is 3.45. The molecule has 0 aromatic rings. The van der Waals surface area contributed by atoms with E-state index in [0.29, 0.717) is 17.9 Å². The standard InChI is InChI=1S/C11H20N2OS/c1-9-8-12-4-5-13(9)11(14)10-2-6-15-7-3-10/h9-10,12H,2-8H2,1H3. The number of nitrogens with one attached hydrogen (secondary N) is 1. The molecule has 2 rings (SSSR count). The molecule has 2 aliphatic heterocycles. The summed E-state index contributed by atoms with van der Waals surface area (Å²) in [5.41, 5.74) is 0. The summed E-state index contributed by atoms with van der Waals surface area (Å²) >= 11 is 1.98. The summed E-state index contributed by atoms with van der Waals surface area (Å²) in [6.07, 6.45) is 2.17. The lowest BCUT2D eigenvalue weighted by Gasteiger charge is -2.37. The van der Waals surface area contributed by atoms with Crippen LogP contribution in [0.25, 0.3) is 0 Å². The lowest BCUT2D eigenvalue weighted by Crippen LogP contribution is -2.54. The van der Waals surface area contributed by atoms with Crippen LogP contribution in [0.5, 0.6) is 0 Å². The van der Waals surface area contributed by atoms with Gasteiger partial charge in [0, 0.05) is 31.6 Å². The average Bonchev–Trinajstić information content (AvgIpc) is 2.30. The Morgan fingerprint density at radius 3 is 2.80 bits per heavy atom. The Hall–Kier alpha value is -0.220. The maximum atomic E-state index is 12.3. The van der Waals surface area contributed by atoms with E-state index < -0.39 is 0 Å². The summed E-state index contributed by atoms with van der Waals surface area (Å²) in [7, 11) is 0. The lowest BCUT2D eigenvalue weighted by atomic mass is 9.99. The van der Waals surface area contributed by atoms with Crippen molar-refractivity contribution in [2.75, 3.05) is 31.1 Å². The zero-order chi connectivity index (χ0) is 10.7. The van der Waals surface area contributed by atoms with Crippen LogP contribution in [-0.4, -0.2) is 48.0 Å². The monoisotopic (exact) mass is 228 g/mol. The number of thioether (sulfide) groups is 1. The Morgan fingerprint density at radius 2 is 2.13 bits per heavy atom. The van der Waals surface area contributed by atoms with E-state index in [1.807, 2.05) is 11.8 Å². The van der Waals surface area contributed by atoms with Crippen LogP contribution in [0.4, 0.5) is 0 Å². The lowest BCUT2D eigenvalue weighted by molar-refractivity contribution is -0.138. The molecule has 0 aliphatic carbocycles. The zero-order valence-corrected chi connectivity index (χ0v) is 10.2. The van der Waals surface area contributed by atoms with Crippen molar-refractivity contribution in [1.29, 1.82) is 0 Å². The Balaban J connectivity index is 1.92. The van der Waals surface area contributed by atoms with Gasteiger partial charge in [-0.15, -0.1) is 0 Å². The molecular weight excluding hydrogens is 208 g/mol. The first-order valence-electron chi connectivity index (χ1n) is 5.88. The number of hydrogen-bond acceptors (Lipinski definition) is 3. The molecule has 0 radical (unpaired) electrons. The van der Waals surface area contributed by atoms with Crippen LogP contribution in [-0.2, 0) is 4.79 Å². The van der Waals surface area contributed by atoms with Crippen molar-refractivity contribution in [2.45, 2.75) is 25.8 Å². The molecular formula is C11H20N2OS. The third-order valence-electron chi connectivity index (χ3n) is 3.35. The minimum atomic E-state index is 0.312. The van der Waals surface area contributed by atoms with Gasteiger partial charge in [0.05, 0.1) is 0 Å². The summed E-state index contributed by atoms with van der Waals surface area (Å²) in [5, 5.41) is 3.32. The van der Waals surface area contributed by atoms with Gasteiger partial charge >= 0.3 is 0 Å². The Morgan fingerprint density at radius 1 is 1.40 bits per heavy atom. The molecule has 1 unspecified atom stereocenters. The minimum Gasteiger partial charge on any atom is -0.337 e. The molecule has 2 saturated heterocycles. The fourth-order valence-electron chi connectivity index (χ4n) is 2.35. The Labute approximate surface area is 96.0 Å². The van der Waals surface area contributed by atoms with Gasteiger partial charge in [-0.05, 0) is 31.3 Å². The van der Waals surface area contributed by atoms with Gasteiger partial charge in [-0.25, -0.2) is 0 Å². The van der Waals surface area contributed by atoms with Crippen molar-refractivity contribution < 1.29 is 4.79 Å². The highest BCUT2D eigenvalue weighted by Crippen LogP contribution is 2.25. The number of carbonyl (C=O) groups is 1. The molecule has 0 saturated carbocycles. The third kappa shape index (κ3) is 2.67. The average molecular weight is 228 g/mol. The van der Waals surface area contributed by atoms with Gasteiger partial charge in [0.1, 0.15) is 0 Å². The van der Waals surface area contributed by atoms with Crippen LogP contribution in [0, 0.1) is 5.92 Å². The maximum Gasteiger partial charge on any atom is 0.226 e. The molecule has 0 aromatic heterocycles. The molecule has 2 heterocycles. The van der Waals surface area contributed by atoms with Crippen molar-refractivity contribution >= 4 is 17.7 Å². The van der Waals surface area contributed by atoms with E-state index in [0.717, 1.165) is 44.0 Å². The minimum absolute atomic E-state index is 0.312. The van der Waals surface area contributed by atoms with Gasteiger partial charge in [0.15, 0.2) is 0 Å². The van der Waals surface area contributed by atoms with Crippen molar-refractivity contribution in [1.82, 2.24) is 10.2 Å². The number of carbonyl (C=O) groups excluding carboxylic acids is 1.